The number of rotatable bonds is 4. The van der Waals surface area contributed by atoms with Crippen LogP contribution in [0.1, 0.15) is 13.8 Å². The molecule has 0 spiro atoms. The molecule has 1 atom stereocenters. The second-order valence-electron chi connectivity index (χ2n) is 3.95. The minimum absolute atomic E-state index is 0.0346. The summed E-state index contributed by atoms with van der Waals surface area (Å²) in [6.45, 7) is 4.44. The van der Waals surface area contributed by atoms with Crippen molar-refractivity contribution in [1.29, 1.82) is 0 Å². The summed E-state index contributed by atoms with van der Waals surface area (Å²) in [6.07, 6.45) is 0. The van der Waals surface area contributed by atoms with Crippen molar-refractivity contribution >= 4 is 17.7 Å². The third-order valence-electron chi connectivity index (χ3n) is 2.27. The first-order chi connectivity index (χ1) is 6.55. The zero-order chi connectivity index (χ0) is 10.6. The fraction of sp³-hybridized carbons (Fsp3) is 0.889. The number of thioether (sulfide) groups is 1. The molecular formula is C9H18N2O2S. The molecule has 0 bridgehead atoms. The molecular weight excluding hydrogens is 200 g/mol. The van der Waals surface area contributed by atoms with Crippen molar-refractivity contribution in [2.75, 3.05) is 25.3 Å². The molecule has 0 aromatic heterocycles. The summed E-state index contributed by atoms with van der Waals surface area (Å²) in [4.78, 5) is 11.6. The maximum Gasteiger partial charge on any atom is 0.238 e. The fourth-order valence-electron chi connectivity index (χ4n) is 1.06. The predicted octanol–water partition coefficient (Wildman–Crippen LogP) is 0.190. The maximum absolute atomic E-state index is 11.6. The van der Waals surface area contributed by atoms with Gasteiger partial charge >= 0.3 is 0 Å². The van der Waals surface area contributed by atoms with Gasteiger partial charge in [-0.2, -0.15) is 0 Å². The lowest BCUT2D eigenvalue weighted by molar-refractivity contribution is -0.123. The van der Waals surface area contributed by atoms with Gasteiger partial charge in [0.05, 0.1) is 11.6 Å². The first-order valence-electron chi connectivity index (χ1n) is 4.69. The van der Waals surface area contributed by atoms with Gasteiger partial charge in [0.15, 0.2) is 0 Å². The van der Waals surface area contributed by atoms with E-state index < -0.39 is 0 Å². The zero-order valence-corrected chi connectivity index (χ0v) is 9.74. The van der Waals surface area contributed by atoms with Crippen LogP contribution in [0.25, 0.3) is 0 Å². The van der Waals surface area contributed by atoms with E-state index in [2.05, 4.69) is 10.6 Å². The zero-order valence-electron chi connectivity index (χ0n) is 8.92. The van der Waals surface area contributed by atoms with Crippen LogP contribution in [0.3, 0.4) is 0 Å². The van der Waals surface area contributed by atoms with E-state index in [-0.39, 0.29) is 17.6 Å². The third-order valence-corrected chi connectivity index (χ3v) is 3.21. The molecule has 5 heteroatoms. The van der Waals surface area contributed by atoms with Crippen molar-refractivity contribution in [2.24, 2.45) is 0 Å². The molecule has 1 aliphatic heterocycles. The Morgan fingerprint density at radius 2 is 2.43 bits per heavy atom. The van der Waals surface area contributed by atoms with Crippen LogP contribution in [0.4, 0.5) is 0 Å². The second-order valence-corrected chi connectivity index (χ2v) is 4.98. The third kappa shape index (κ3) is 3.48. The first kappa shape index (κ1) is 11.8. The fourth-order valence-corrected chi connectivity index (χ4v) is 2.00. The number of hydrogen-bond donors (Lipinski definition) is 2. The predicted molar refractivity (Wildman–Crippen MR) is 58.3 cm³/mol. The van der Waals surface area contributed by atoms with Gasteiger partial charge in [-0.15, -0.1) is 11.8 Å². The molecule has 0 aromatic carbocycles. The molecule has 82 valence electrons. The number of nitrogens with one attached hydrogen (secondary N) is 2. The highest BCUT2D eigenvalue weighted by Crippen LogP contribution is 2.10. The number of carbonyl (C=O) groups excluding carboxylic acids is 1. The maximum atomic E-state index is 11.6. The Morgan fingerprint density at radius 1 is 1.71 bits per heavy atom. The van der Waals surface area contributed by atoms with Crippen molar-refractivity contribution in [1.82, 2.24) is 10.6 Å². The molecule has 0 aliphatic carbocycles. The van der Waals surface area contributed by atoms with E-state index in [4.69, 9.17) is 4.74 Å². The Kier molecular flexibility index (Phi) is 4.22. The van der Waals surface area contributed by atoms with Gasteiger partial charge in [0, 0.05) is 25.3 Å². The van der Waals surface area contributed by atoms with Gasteiger partial charge in [-0.1, -0.05) is 0 Å². The van der Waals surface area contributed by atoms with Gasteiger partial charge in [0.2, 0.25) is 5.91 Å². The summed E-state index contributed by atoms with van der Waals surface area (Å²) in [5.41, 5.74) is -0.290. The van der Waals surface area contributed by atoms with Crippen LogP contribution in [-0.2, 0) is 9.53 Å². The Labute approximate surface area is 89.2 Å². The minimum Gasteiger partial charge on any atom is -0.377 e. The summed E-state index contributed by atoms with van der Waals surface area (Å²) < 4.78 is 5.21. The lowest BCUT2D eigenvalue weighted by Gasteiger charge is -2.23. The summed E-state index contributed by atoms with van der Waals surface area (Å²) in [6, 6.07) is -0.0346. The Morgan fingerprint density at radius 3 is 2.93 bits per heavy atom. The van der Waals surface area contributed by atoms with Crippen LogP contribution in [0.5, 0.6) is 0 Å². The number of amides is 1. The average Bonchev–Trinajstić information content (AvgIpc) is 2.67. The van der Waals surface area contributed by atoms with Crippen molar-refractivity contribution in [3.8, 4) is 0 Å². The average molecular weight is 218 g/mol. The van der Waals surface area contributed by atoms with Crippen LogP contribution in [0, 0.1) is 0 Å². The van der Waals surface area contributed by atoms with Crippen LogP contribution >= 0.6 is 11.8 Å². The molecule has 0 aromatic rings. The molecule has 0 saturated carbocycles. The van der Waals surface area contributed by atoms with E-state index in [1.807, 2.05) is 13.8 Å². The van der Waals surface area contributed by atoms with Gasteiger partial charge in [-0.05, 0) is 13.8 Å². The smallest absolute Gasteiger partial charge is 0.238 e. The summed E-state index contributed by atoms with van der Waals surface area (Å²) >= 11 is 1.75. The second kappa shape index (κ2) is 5.00. The lowest BCUT2D eigenvalue weighted by atomic mass is 10.1. The largest absolute Gasteiger partial charge is 0.377 e. The molecule has 1 heterocycles. The van der Waals surface area contributed by atoms with Crippen molar-refractivity contribution < 1.29 is 9.53 Å². The summed E-state index contributed by atoms with van der Waals surface area (Å²) in [5, 5.41) is 6.00. The molecule has 0 radical (unpaired) electrons. The van der Waals surface area contributed by atoms with Crippen LogP contribution in [0.15, 0.2) is 0 Å². The van der Waals surface area contributed by atoms with E-state index in [0.717, 1.165) is 11.6 Å². The van der Waals surface area contributed by atoms with E-state index in [0.29, 0.717) is 6.54 Å². The first-order valence-corrected chi connectivity index (χ1v) is 5.84. The molecule has 1 aliphatic rings. The molecule has 0 unspecified atom stereocenters. The van der Waals surface area contributed by atoms with Crippen molar-refractivity contribution in [2.45, 2.75) is 25.5 Å². The van der Waals surface area contributed by atoms with E-state index in [1.165, 1.54) is 0 Å². The summed E-state index contributed by atoms with van der Waals surface area (Å²) in [5.74, 6) is 1.80. The van der Waals surface area contributed by atoms with Gasteiger partial charge in [-0.25, -0.2) is 0 Å². The molecule has 1 amide bonds. The van der Waals surface area contributed by atoms with Gasteiger partial charge < -0.3 is 10.1 Å². The molecule has 4 nitrogen and oxygen atoms in total. The Bertz CT molecular complexity index is 203. The molecule has 2 N–H and O–H groups in total. The SMILES string of the molecule is COC(C)(C)CNC(=O)[C@H]1CSCN1. The number of methoxy groups -OCH3 is 1. The quantitative estimate of drug-likeness (QED) is 0.707. The standard InChI is InChI=1S/C9H18N2O2S/c1-9(2,13-3)5-10-8(12)7-4-14-6-11-7/h7,11H,4-6H2,1-3H3,(H,10,12)/t7-/m1/s1. The highest BCUT2D eigenvalue weighted by molar-refractivity contribution is 7.99. The van der Waals surface area contributed by atoms with E-state index in [9.17, 15) is 4.79 Å². The number of hydrogen-bond acceptors (Lipinski definition) is 4. The van der Waals surface area contributed by atoms with Gasteiger partial charge in [-0.3, -0.25) is 10.1 Å². The minimum atomic E-state index is -0.290. The Hall–Kier alpha value is -0.260. The number of ether oxygens (including phenoxy) is 1. The lowest BCUT2D eigenvalue weighted by Crippen LogP contribution is -2.47. The van der Waals surface area contributed by atoms with Gasteiger partial charge in [0.25, 0.3) is 0 Å². The normalized spacial score (nSPS) is 22.4. The van der Waals surface area contributed by atoms with E-state index >= 15 is 0 Å². The van der Waals surface area contributed by atoms with Crippen LogP contribution in [-0.4, -0.2) is 42.8 Å². The molecule has 1 fully saturated rings. The van der Waals surface area contributed by atoms with Crippen LogP contribution in [0.2, 0.25) is 0 Å². The molecule has 1 saturated heterocycles. The van der Waals surface area contributed by atoms with Gasteiger partial charge in [0.1, 0.15) is 0 Å². The Balaban J connectivity index is 2.27. The number of carbonyl (C=O) groups is 1. The molecule has 14 heavy (non-hydrogen) atoms. The van der Waals surface area contributed by atoms with Crippen molar-refractivity contribution in [3.63, 3.8) is 0 Å². The van der Waals surface area contributed by atoms with E-state index in [1.54, 1.807) is 18.9 Å². The monoisotopic (exact) mass is 218 g/mol. The topological polar surface area (TPSA) is 50.4 Å². The van der Waals surface area contributed by atoms with Crippen molar-refractivity contribution in [3.05, 3.63) is 0 Å². The summed E-state index contributed by atoms with van der Waals surface area (Å²) in [7, 11) is 1.65. The van der Waals surface area contributed by atoms with Crippen LogP contribution < -0.4 is 10.6 Å². The highest BCUT2D eigenvalue weighted by atomic mass is 32.2. The highest BCUT2D eigenvalue weighted by Gasteiger charge is 2.24. The molecule has 1 rings (SSSR count).